The minimum absolute atomic E-state index is 0.205. The number of methoxy groups -OCH3 is 1. The summed E-state index contributed by atoms with van der Waals surface area (Å²) < 4.78 is 34.1. The summed E-state index contributed by atoms with van der Waals surface area (Å²) in [4.78, 5) is 0.205. The van der Waals surface area contributed by atoms with E-state index in [1.807, 2.05) is 13.1 Å². The molecule has 1 aromatic heterocycles. The molecule has 1 unspecified atom stereocenters. The molecule has 114 valence electrons. The summed E-state index contributed by atoms with van der Waals surface area (Å²) in [6.45, 7) is 3.65. The highest BCUT2D eigenvalue weighted by molar-refractivity contribution is 7.89. The van der Waals surface area contributed by atoms with E-state index in [0.717, 1.165) is 11.3 Å². The molecule has 0 saturated carbocycles. The van der Waals surface area contributed by atoms with Gasteiger partial charge in [-0.05, 0) is 38.1 Å². The number of rotatable bonds is 5. The van der Waals surface area contributed by atoms with Crippen molar-refractivity contribution in [1.82, 2.24) is 14.5 Å². The van der Waals surface area contributed by atoms with Crippen LogP contribution in [-0.4, -0.2) is 25.3 Å². The lowest BCUT2D eigenvalue weighted by molar-refractivity contribution is 0.414. The molecule has 0 aliphatic heterocycles. The van der Waals surface area contributed by atoms with Crippen LogP contribution >= 0.6 is 0 Å². The molecule has 0 spiro atoms. The maximum absolute atomic E-state index is 12.4. The number of nitrogens with zero attached hydrogens (tertiary/aromatic N) is 2. The van der Waals surface area contributed by atoms with Crippen LogP contribution in [0.1, 0.15) is 24.2 Å². The predicted molar refractivity (Wildman–Crippen MR) is 79.7 cm³/mol. The Bertz CT molecular complexity index is 720. The number of ether oxygens (including phenoxy) is 1. The molecular formula is C14H19N3O3S. The van der Waals surface area contributed by atoms with Crippen molar-refractivity contribution in [1.29, 1.82) is 0 Å². The minimum atomic E-state index is -3.58. The van der Waals surface area contributed by atoms with E-state index in [4.69, 9.17) is 4.74 Å². The lowest BCUT2D eigenvalue weighted by atomic mass is 10.1. The summed E-state index contributed by atoms with van der Waals surface area (Å²) in [5.41, 5.74) is 1.66. The first-order valence-electron chi connectivity index (χ1n) is 6.50. The van der Waals surface area contributed by atoms with Crippen molar-refractivity contribution in [2.75, 3.05) is 7.11 Å². The molecular weight excluding hydrogens is 290 g/mol. The fraction of sp³-hybridized carbons (Fsp3) is 0.357. The number of hydrogen-bond acceptors (Lipinski definition) is 4. The Hall–Kier alpha value is -1.86. The second-order valence-corrected chi connectivity index (χ2v) is 6.58. The van der Waals surface area contributed by atoms with Crippen LogP contribution in [0.25, 0.3) is 0 Å². The average molecular weight is 309 g/mol. The van der Waals surface area contributed by atoms with E-state index in [2.05, 4.69) is 9.82 Å². The summed E-state index contributed by atoms with van der Waals surface area (Å²) >= 11 is 0. The molecule has 1 aromatic carbocycles. The first-order chi connectivity index (χ1) is 9.83. The van der Waals surface area contributed by atoms with E-state index in [1.165, 1.54) is 19.2 Å². The molecule has 0 saturated heterocycles. The average Bonchev–Trinajstić information content (AvgIpc) is 2.77. The Balaban J connectivity index is 2.22. The molecule has 0 radical (unpaired) electrons. The van der Waals surface area contributed by atoms with Crippen LogP contribution in [0.5, 0.6) is 5.75 Å². The zero-order valence-electron chi connectivity index (χ0n) is 12.5. The molecule has 0 bridgehead atoms. The monoisotopic (exact) mass is 309 g/mol. The minimum Gasteiger partial charge on any atom is -0.497 e. The van der Waals surface area contributed by atoms with Crippen molar-refractivity contribution < 1.29 is 13.2 Å². The van der Waals surface area contributed by atoms with Gasteiger partial charge in [0.05, 0.1) is 17.7 Å². The molecule has 6 nitrogen and oxygen atoms in total. The summed E-state index contributed by atoms with van der Waals surface area (Å²) in [7, 11) is -0.239. The quantitative estimate of drug-likeness (QED) is 0.913. The standard InChI is InChI=1S/C14H19N3O3S/c1-10-14(9-17(3)15-10)11(2)16-21(18,19)13-7-5-12(20-4)6-8-13/h5-9,11,16H,1-4H3. The van der Waals surface area contributed by atoms with E-state index in [0.29, 0.717) is 5.75 Å². The SMILES string of the molecule is COc1ccc(S(=O)(=O)NC(C)c2cn(C)nc2C)cc1. The topological polar surface area (TPSA) is 73.2 Å². The van der Waals surface area contributed by atoms with Gasteiger partial charge in [-0.2, -0.15) is 5.10 Å². The predicted octanol–water partition coefficient (Wildman–Crippen LogP) is 1.78. The zero-order chi connectivity index (χ0) is 15.6. The van der Waals surface area contributed by atoms with E-state index in [9.17, 15) is 8.42 Å². The molecule has 0 aliphatic rings. The van der Waals surface area contributed by atoms with E-state index in [1.54, 1.807) is 30.8 Å². The van der Waals surface area contributed by atoms with E-state index < -0.39 is 10.0 Å². The van der Waals surface area contributed by atoms with Gasteiger partial charge in [-0.25, -0.2) is 13.1 Å². The van der Waals surface area contributed by atoms with Gasteiger partial charge in [-0.1, -0.05) is 0 Å². The van der Waals surface area contributed by atoms with Crippen molar-refractivity contribution >= 4 is 10.0 Å². The lowest BCUT2D eigenvalue weighted by Gasteiger charge is -2.14. The summed E-state index contributed by atoms with van der Waals surface area (Å²) in [6.07, 6.45) is 1.82. The first kappa shape index (κ1) is 15.5. The molecule has 21 heavy (non-hydrogen) atoms. The molecule has 1 N–H and O–H groups in total. The lowest BCUT2D eigenvalue weighted by Crippen LogP contribution is -2.27. The molecule has 0 aliphatic carbocycles. The zero-order valence-corrected chi connectivity index (χ0v) is 13.3. The van der Waals surface area contributed by atoms with E-state index >= 15 is 0 Å². The molecule has 7 heteroatoms. The highest BCUT2D eigenvalue weighted by atomic mass is 32.2. The Morgan fingerprint density at radius 2 is 1.90 bits per heavy atom. The van der Waals surface area contributed by atoms with Crippen molar-refractivity contribution in [2.45, 2.75) is 24.8 Å². The second-order valence-electron chi connectivity index (χ2n) is 4.86. The summed E-state index contributed by atoms with van der Waals surface area (Å²) in [6, 6.07) is 5.92. The Morgan fingerprint density at radius 1 is 1.29 bits per heavy atom. The molecule has 1 heterocycles. The molecule has 1 atom stereocenters. The van der Waals surface area contributed by atoms with Crippen LogP contribution in [-0.2, 0) is 17.1 Å². The van der Waals surface area contributed by atoms with E-state index in [-0.39, 0.29) is 10.9 Å². The number of nitrogens with one attached hydrogen (secondary N) is 1. The van der Waals surface area contributed by atoms with Crippen molar-refractivity contribution in [3.05, 3.63) is 41.7 Å². The second kappa shape index (κ2) is 5.87. The van der Waals surface area contributed by atoms with Crippen molar-refractivity contribution in [3.8, 4) is 5.75 Å². The van der Waals surface area contributed by atoms with Gasteiger partial charge in [0.25, 0.3) is 0 Å². The van der Waals surface area contributed by atoms with Gasteiger partial charge in [0, 0.05) is 24.8 Å². The number of sulfonamides is 1. The van der Waals surface area contributed by atoms with Crippen LogP contribution in [0.15, 0.2) is 35.4 Å². The van der Waals surface area contributed by atoms with Crippen LogP contribution in [0, 0.1) is 6.92 Å². The normalized spacial score (nSPS) is 13.1. The number of hydrogen-bond donors (Lipinski definition) is 1. The fourth-order valence-corrected chi connectivity index (χ4v) is 3.39. The third-order valence-electron chi connectivity index (χ3n) is 3.22. The molecule has 0 fully saturated rings. The largest absolute Gasteiger partial charge is 0.497 e. The molecule has 0 amide bonds. The third kappa shape index (κ3) is 3.43. The number of benzene rings is 1. The van der Waals surface area contributed by atoms with Crippen LogP contribution in [0.2, 0.25) is 0 Å². The van der Waals surface area contributed by atoms with Gasteiger partial charge < -0.3 is 4.74 Å². The Morgan fingerprint density at radius 3 is 2.38 bits per heavy atom. The third-order valence-corrected chi connectivity index (χ3v) is 4.78. The molecule has 2 aromatic rings. The number of aryl methyl sites for hydroxylation is 2. The highest BCUT2D eigenvalue weighted by Gasteiger charge is 2.20. The van der Waals surface area contributed by atoms with Crippen LogP contribution < -0.4 is 9.46 Å². The first-order valence-corrected chi connectivity index (χ1v) is 7.98. The van der Waals surface area contributed by atoms with Crippen molar-refractivity contribution in [3.63, 3.8) is 0 Å². The maximum Gasteiger partial charge on any atom is 0.241 e. The fourth-order valence-electron chi connectivity index (χ4n) is 2.16. The molecule has 2 rings (SSSR count). The Labute approximate surface area is 124 Å². The summed E-state index contributed by atoms with van der Waals surface area (Å²) in [5, 5.41) is 4.22. The van der Waals surface area contributed by atoms with Gasteiger partial charge >= 0.3 is 0 Å². The maximum atomic E-state index is 12.4. The van der Waals surface area contributed by atoms with Gasteiger partial charge in [0.1, 0.15) is 5.75 Å². The van der Waals surface area contributed by atoms with Gasteiger partial charge in [-0.15, -0.1) is 0 Å². The van der Waals surface area contributed by atoms with Gasteiger partial charge in [-0.3, -0.25) is 4.68 Å². The Kier molecular flexibility index (Phi) is 4.34. The smallest absolute Gasteiger partial charge is 0.241 e. The summed E-state index contributed by atoms with van der Waals surface area (Å²) in [5.74, 6) is 0.616. The van der Waals surface area contributed by atoms with Crippen molar-refractivity contribution in [2.24, 2.45) is 7.05 Å². The highest BCUT2D eigenvalue weighted by Crippen LogP contribution is 2.20. The van der Waals surface area contributed by atoms with Crippen LogP contribution in [0.3, 0.4) is 0 Å². The van der Waals surface area contributed by atoms with Gasteiger partial charge in [0.2, 0.25) is 10.0 Å². The number of aromatic nitrogens is 2. The van der Waals surface area contributed by atoms with Gasteiger partial charge in [0.15, 0.2) is 0 Å². The van der Waals surface area contributed by atoms with Crippen LogP contribution in [0.4, 0.5) is 0 Å².